The molecule has 0 heterocycles. The van der Waals surface area contributed by atoms with Gasteiger partial charge in [-0.15, -0.1) is 0 Å². The Bertz CT molecular complexity index is 757. The molecule has 2 atom stereocenters. The van der Waals surface area contributed by atoms with Crippen molar-refractivity contribution >= 4 is 6.08 Å². The fourth-order valence-electron chi connectivity index (χ4n) is 4.52. The van der Waals surface area contributed by atoms with Gasteiger partial charge in [0.05, 0.1) is 0 Å². The molecule has 0 amide bonds. The second kappa shape index (κ2) is 9.40. The van der Waals surface area contributed by atoms with Crippen molar-refractivity contribution in [1.82, 2.24) is 0 Å². The molecule has 0 saturated carbocycles. The van der Waals surface area contributed by atoms with Crippen LogP contribution in [0.1, 0.15) is 75.6 Å². The zero-order valence-corrected chi connectivity index (χ0v) is 20.8. The van der Waals surface area contributed by atoms with Gasteiger partial charge in [0, 0.05) is 0 Å². The molecule has 2 aliphatic rings. The summed E-state index contributed by atoms with van der Waals surface area (Å²) < 4.78 is 1.14. The Hall–Kier alpha value is -0.0969. The Kier molecular flexibility index (Phi) is 8.66. The first kappa shape index (κ1) is 23.9. The molecule has 0 fully saturated rings. The summed E-state index contributed by atoms with van der Waals surface area (Å²) >= 11 is -0.717. The Morgan fingerprint density at radius 2 is 1.65 bits per heavy atom. The van der Waals surface area contributed by atoms with Gasteiger partial charge in [0.25, 0.3) is 0 Å². The maximum Gasteiger partial charge on any atom is -1.00 e. The van der Waals surface area contributed by atoms with Crippen LogP contribution >= 0.6 is 0 Å². The average Bonchev–Trinajstić information content (AvgIpc) is 3.01. The van der Waals surface area contributed by atoms with Crippen LogP contribution in [0.4, 0.5) is 0 Å². The molecule has 2 unspecified atom stereocenters. The number of hydrogen-bond acceptors (Lipinski definition) is 0. The van der Waals surface area contributed by atoms with E-state index in [-0.39, 0.29) is 24.8 Å². The zero-order chi connectivity index (χ0) is 17.5. The first-order valence-electron chi connectivity index (χ1n) is 9.39. The Labute approximate surface area is 184 Å². The monoisotopic (exact) mass is 466 g/mol. The summed E-state index contributed by atoms with van der Waals surface area (Å²) in [6.07, 6.45) is 6.22. The molecular weight excluding hydrogens is 438 g/mol. The Morgan fingerprint density at radius 3 is 2.27 bits per heavy atom. The minimum Gasteiger partial charge on any atom is -1.00 e. The molecule has 0 radical (unpaired) electrons. The number of hydrogen-bond donors (Lipinski definition) is 0. The van der Waals surface area contributed by atoms with Gasteiger partial charge in [-0.25, -0.2) is 0 Å². The van der Waals surface area contributed by atoms with E-state index in [4.69, 9.17) is 0 Å². The molecule has 3 rings (SSSR count). The number of rotatable bonds is 5. The third kappa shape index (κ3) is 3.87. The number of fused-ring (bicyclic) bond motifs is 1. The third-order valence-corrected chi connectivity index (χ3v) is 11.8. The van der Waals surface area contributed by atoms with Crippen molar-refractivity contribution in [2.24, 2.45) is 0 Å². The molecule has 0 aliphatic heterocycles. The maximum atomic E-state index is 2.58. The molecule has 0 nitrogen and oxygen atoms in total. The summed E-state index contributed by atoms with van der Waals surface area (Å²) in [5.41, 5.74) is 11.4. The number of benzene rings is 1. The predicted molar refractivity (Wildman–Crippen MR) is 102 cm³/mol. The van der Waals surface area contributed by atoms with E-state index >= 15 is 0 Å². The SMILES string of the molecule is CCCC1=C(C)C(C)=C(C)[C]1(C)[Zr+2][CH]1C(CC)=Cc2ccccc21.[Cl-].[Cl-]. The summed E-state index contributed by atoms with van der Waals surface area (Å²) in [5.74, 6) is 0. The predicted octanol–water partition coefficient (Wildman–Crippen LogP) is 1.27. The van der Waals surface area contributed by atoms with E-state index in [1.807, 2.05) is 0 Å². The van der Waals surface area contributed by atoms with Gasteiger partial charge in [-0.05, 0) is 0 Å². The number of allylic oxidation sites excluding steroid dienone is 5. The van der Waals surface area contributed by atoms with Crippen LogP contribution in [0.5, 0.6) is 0 Å². The largest absolute Gasteiger partial charge is 1.00 e. The minimum absolute atomic E-state index is 0. The van der Waals surface area contributed by atoms with Crippen LogP contribution in [0.3, 0.4) is 0 Å². The van der Waals surface area contributed by atoms with E-state index in [9.17, 15) is 0 Å². The van der Waals surface area contributed by atoms with Crippen LogP contribution in [-0.2, 0) is 23.2 Å². The van der Waals surface area contributed by atoms with Crippen molar-refractivity contribution in [3.63, 3.8) is 0 Å². The Balaban J connectivity index is 0.00000169. The Morgan fingerprint density at radius 1 is 1.00 bits per heavy atom. The first-order valence-corrected chi connectivity index (χ1v) is 12.0. The summed E-state index contributed by atoms with van der Waals surface area (Å²) in [6.45, 7) is 14.4. The van der Waals surface area contributed by atoms with Crippen molar-refractivity contribution in [3.05, 3.63) is 63.3 Å². The van der Waals surface area contributed by atoms with Crippen LogP contribution in [0.25, 0.3) is 6.08 Å². The third-order valence-electron chi connectivity index (χ3n) is 6.29. The number of halogens is 2. The molecule has 0 spiro atoms. The van der Waals surface area contributed by atoms with Gasteiger partial charge in [0.2, 0.25) is 0 Å². The zero-order valence-electron chi connectivity index (χ0n) is 16.8. The second-order valence-corrected chi connectivity index (χ2v) is 12.1. The summed E-state index contributed by atoms with van der Waals surface area (Å²) in [6, 6.07) is 9.12. The molecule has 26 heavy (non-hydrogen) atoms. The molecule has 2 aliphatic carbocycles. The van der Waals surface area contributed by atoms with E-state index in [0.717, 1.165) is 3.63 Å². The van der Waals surface area contributed by atoms with Crippen LogP contribution in [0.15, 0.2) is 52.1 Å². The average molecular weight is 469 g/mol. The van der Waals surface area contributed by atoms with Crippen LogP contribution in [0, 0.1) is 0 Å². The molecule has 0 N–H and O–H groups in total. The molecule has 1 aromatic rings. The van der Waals surface area contributed by atoms with E-state index in [0.29, 0.717) is 3.12 Å². The van der Waals surface area contributed by atoms with Crippen molar-refractivity contribution in [2.45, 2.75) is 67.6 Å². The van der Waals surface area contributed by atoms with Gasteiger partial charge in [0.15, 0.2) is 0 Å². The quantitative estimate of drug-likeness (QED) is 0.611. The van der Waals surface area contributed by atoms with Crippen molar-refractivity contribution in [2.75, 3.05) is 0 Å². The first-order chi connectivity index (χ1) is 11.4. The van der Waals surface area contributed by atoms with Crippen LogP contribution < -0.4 is 24.8 Å². The van der Waals surface area contributed by atoms with Gasteiger partial charge in [-0.2, -0.15) is 0 Å². The fourth-order valence-corrected chi connectivity index (χ4v) is 10.3. The van der Waals surface area contributed by atoms with Crippen molar-refractivity contribution in [1.29, 1.82) is 0 Å². The maximum absolute atomic E-state index is 2.58. The van der Waals surface area contributed by atoms with E-state index in [2.05, 4.69) is 71.9 Å². The van der Waals surface area contributed by atoms with Crippen molar-refractivity contribution in [3.8, 4) is 0 Å². The van der Waals surface area contributed by atoms with E-state index in [1.54, 1.807) is 33.4 Å². The molecule has 0 saturated heterocycles. The van der Waals surface area contributed by atoms with E-state index < -0.39 is 23.2 Å². The molecule has 140 valence electrons. The topological polar surface area (TPSA) is 0 Å². The molecular formula is C23H30Cl2Zr. The van der Waals surface area contributed by atoms with Gasteiger partial charge in [-0.3, -0.25) is 0 Å². The van der Waals surface area contributed by atoms with Gasteiger partial charge in [-0.1, -0.05) is 0 Å². The standard InChI is InChI=1S/C12H19.C11H11.2ClH.Zr/c1-6-7-12-10(4)8(2)9(3)11(12)5;1-2-9-7-10-5-3-4-6-11(10)8-9;;;/h6-7H2,1-5H3;3-8H,2H2,1H3;2*1H;/q;;;;+2/p-2. The minimum atomic E-state index is -0.717. The van der Waals surface area contributed by atoms with Gasteiger partial charge >= 0.3 is 160 Å². The molecule has 3 heteroatoms. The van der Waals surface area contributed by atoms with Crippen LogP contribution in [0.2, 0.25) is 3.12 Å². The van der Waals surface area contributed by atoms with Crippen LogP contribution in [-0.4, -0.2) is 0 Å². The second-order valence-electron chi connectivity index (χ2n) is 7.51. The summed E-state index contributed by atoms with van der Waals surface area (Å²) in [5, 5.41) is 0. The van der Waals surface area contributed by atoms with Crippen molar-refractivity contribution < 1.29 is 48.0 Å². The van der Waals surface area contributed by atoms with E-state index in [1.165, 1.54) is 24.8 Å². The molecule has 1 aromatic carbocycles. The molecule has 0 bridgehead atoms. The molecule has 0 aromatic heterocycles. The normalized spacial score (nSPS) is 23.9. The smallest absolute Gasteiger partial charge is 1.00 e. The summed E-state index contributed by atoms with van der Waals surface area (Å²) in [4.78, 5) is 0. The summed E-state index contributed by atoms with van der Waals surface area (Å²) in [7, 11) is 0. The fraction of sp³-hybridized carbons (Fsp3) is 0.478. The van der Waals surface area contributed by atoms with Gasteiger partial charge < -0.3 is 24.8 Å². The van der Waals surface area contributed by atoms with Gasteiger partial charge in [0.1, 0.15) is 0 Å².